The van der Waals surface area contributed by atoms with E-state index in [2.05, 4.69) is 9.99 Å². The highest BCUT2D eigenvalue weighted by Crippen LogP contribution is 2.24. The molecule has 0 aliphatic carbocycles. The first kappa shape index (κ1) is 11.5. The lowest BCUT2D eigenvalue weighted by Crippen LogP contribution is -2.26. The first-order valence-corrected chi connectivity index (χ1v) is 3.04. The molecule has 0 aromatic carbocycles. The van der Waals surface area contributed by atoms with Gasteiger partial charge in [0.15, 0.2) is 5.71 Å². The van der Waals surface area contributed by atoms with Gasteiger partial charge in [0.2, 0.25) is 0 Å². The van der Waals surface area contributed by atoms with Crippen LogP contribution >= 0.6 is 12.4 Å². The highest BCUT2D eigenvalue weighted by Gasteiger charge is 2.40. The van der Waals surface area contributed by atoms with Gasteiger partial charge in [0, 0.05) is 13.0 Å². The second-order valence-electron chi connectivity index (χ2n) is 2.20. The number of halogens is 4. The number of nitrogens with zero attached hydrogens (tertiary/aromatic N) is 1. The molecule has 0 aromatic heterocycles. The smallest absolute Gasteiger partial charge is 0.391 e. The zero-order valence-electron chi connectivity index (χ0n) is 5.97. The Morgan fingerprint density at radius 2 is 2.17 bits per heavy atom. The Kier molecular flexibility index (Phi) is 3.79. The first-order valence-electron chi connectivity index (χ1n) is 3.04. The summed E-state index contributed by atoms with van der Waals surface area (Å²) >= 11 is 0. The van der Waals surface area contributed by atoms with Gasteiger partial charge in [-0.15, -0.1) is 12.4 Å². The summed E-state index contributed by atoms with van der Waals surface area (Å²) in [5.74, 6) is 0. The molecular weight excluding hydrogens is 197 g/mol. The van der Waals surface area contributed by atoms with Crippen molar-refractivity contribution >= 4 is 18.1 Å². The first-order chi connectivity index (χ1) is 5.04. The van der Waals surface area contributed by atoms with E-state index in [9.17, 15) is 13.2 Å². The second kappa shape index (κ2) is 3.95. The Morgan fingerprint density at radius 1 is 1.58 bits per heavy atom. The van der Waals surface area contributed by atoms with Crippen molar-refractivity contribution in [1.29, 1.82) is 0 Å². The molecule has 1 rings (SSSR count). The van der Waals surface area contributed by atoms with Crippen molar-refractivity contribution in [1.82, 2.24) is 0 Å². The Hall–Kier alpha value is -0.490. The standard InChI is InChI=1S/C5H7F3N2O.ClH/c6-5(7,8)4-1-3(2-9)11-10-4;/h3H,1-2,9H2;1H. The van der Waals surface area contributed by atoms with Crippen LogP contribution in [-0.2, 0) is 4.84 Å². The van der Waals surface area contributed by atoms with Gasteiger partial charge in [-0.25, -0.2) is 0 Å². The zero-order valence-corrected chi connectivity index (χ0v) is 6.78. The van der Waals surface area contributed by atoms with Crippen LogP contribution < -0.4 is 5.73 Å². The fraction of sp³-hybridized carbons (Fsp3) is 0.800. The van der Waals surface area contributed by atoms with E-state index < -0.39 is 18.0 Å². The van der Waals surface area contributed by atoms with Gasteiger partial charge in [0.05, 0.1) is 0 Å². The van der Waals surface area contributed by atoms with E-state index in [0.717, 1.165) is 0 Å². The fourth-order valence-electron chi connectivity index (χ4n) is 0.722. The lowest BCUT2D eigenvalue weighted by Gasteiger charge is -2.03. The third-order valence-electron chi connectivity index (χ3n) is 1.32. The van der Waals surface area contributed by atoms with Crippen LogP contribution in [-0.4, -0.2) is 24.5 Å². The predicted octanol–water partition coefficient (Wildman–Crippen LogP) is 1.07. The Morgan fingerprint density at radius 3 is 2.42 bits per heavy atom. The van der Waals surface area contributed by atoms with Gasteiger partial charge >= 0.3 is 6.18 Å². The molecule has 0 saturated heterocycles. The second-order valence-corrected chi connectivity index (χ2v) is 2.20. The van der Waals surface area contributed by atoms with E-state index >= 15 is 0 Å². The van der Waals surface area contributed by atoms with Crippen LogP contribution in [0.2, 0.25) is 0 Å². The molecule has 0 amide bonds. The van der Waals surface area contributed by atoms with E-state index in [4.69, 9.17) is 5.73 Å². The molecule has 0 radical (unpaired) electrons. The zero-order chi connectivity index (χ0) is 8.48. The van der Waals surface area contributed by atoms with Gasteiger partial charge < -0.3 is 10.6 Å². The maximum Gasteiger partial charge on any atom is 0.432 e. The van der Waals surface area contributed by atoms with Gasteiger partial charge in [0.1, 0.15) is 6.10 Å². The van der Waals surface area contributed by atoms with Crippen LogP contribution in [0.25, 0.3) is 0 Å². The Bertz CT molecular complexity index is 182. The molecule has 1 unspecified atom stereocenters. The summed E-state index contributed by atoms with van der Waals surface area (Å²) in [4.78, 5) is 4.38. The lowest BCUT2D eigenvalue weighted by atomic mass is 10.2. The van der Waals surface area contributed by atoms with Gasteiger partial charge in [0.25, 0.3) is 0 Å². The van der Waals surface area contributed by atoms with Crippen LogP contribution in [0.15, 0.2) is 5.16 Å². The monoisotopic (exact) mass is 204 g/mol. The summed E-state index contributed by atoms with van der Waals surface area (Å²) < 4.78 is 35.5. The molecule has 1 heterocycles. The molecule has 0 aromatic rings. The van der Waals surface area contributed by atoms with Gasteiger partial charge in [-0.05, 0) is 0 Å². The average molecular weight is 205 g/mol. The van der Waals surface area contributed by atoms with E-state index in [1.807, 2.05) is 0 Å². The number of nitrogens with two attached hydrogens (primary N) is 1. The minimum atomic E-state index is -4.37. The molecule has 2 N–H and O–H groups in total. The van der Waals surface area contributed by atoms with Crippen molar-refractivity contribution in [2.45, 2.75) is 18.7 Å². The molecule has 12 heavy (non-hydrogen) atoms. The minimum absolute atomic E-state index is 0. The maximum absolute atomic E-state index is 11.8. The molecule has 0 fully saturated rings. The molecule has 1 atom stereocenters. The predicted molar refractivity (Wildman–Crippen MR) is 39.3 cm³/mol. The third-order valence-corrected chi connectivity index (χ3v) is 1.32. The van der Waals surface area contributed by atoms with E-state index in [1.54, 1.807) is 0 Å². The van der Waals surface area contributed by atoms with Gasteiger partial charge in [-0.2, -0.15) is 13.2 Å². The summed E-state index contributed by atoms with van der Waals surface area (Å²) in [5.41, 5.74) is 4.19. The van der Waals surface area contributed by atoms with Crippen LogP contribution in [0.5, 0.6) is 0 Å². The normalized spacial score (nSPS) is 22.7. The topological polar surface area (TPSA) is 47.6 Å². The van der Waals surface area contributed by atoms with E-state index in [-0.39, 0.29) is 25.4 Å². The SMILES string of the molecule is Cl.NCC1CC(C(F)(F)F)=NO1. The summed E-state index contributed by atoms with van der Waals surface area (Å²) in [5, 5.41) is 2.87. The molecule has 7 heteroatoms. The molecule has 3 nitrogen and oxygen atoms in total. The molecule has 72 valence electrons. The molecule has 0 spiro atoms. The van der Waals surface area contributed by atoms with Crippen molar-refractivity contribution < 1.29 is 18.0 Å². The summed E-state index contributed by atoms with van der Waals surface area (Å²) in [6.07, 6.45) is -5.21. The van der Waals surface area contributed by atoms with Crippen LogP contribution in [0.3, 0.4) is 0 Å². The van der Waals surface area contributed by atoms with Gasteiger partial charge in [-0.3, -0.25) is 0 Å². The minimum Gasteiger partial charge on any atom is -0.391 e. The molecular formula is C5H8ClF3N2O. The van der Waals surface area contributed by atoms with E-state index in [1.165, 1.54) is 0 Å². The fourth-order valence-corrected chi connectivity index (χ4v) is 0.722. The number of oxime groups is 1. The molecule has 0 bridgehead atoms. The summed E-state index contributed by atoms with van der Waals surface area (Å²) in [6.45, 7) is 0.0586. The van der Waals surface area contributed by atoms with Crippen molar-refractivity contribution in [3.05, 3.63) is 0 Å². The molecule has 0 saturated carbocycles. The Labute approximate surface area is 73.1 Å². The summed E-state index contributed by atoms with van der Waals surface area (Å²) in [7, 11) is 0. The van der Waals surface area contributed by atoms with Crippen molar-refractivity contribution in [2.75, 3.05) is 6.54 Å². The highest BCUT2D eigenvalue weighted by molar-refractivity contribution is 5.90. The van der Waals surface area contributed by atoms with Crippen LogP contribution in [0, 0.1) is 0 Å². The van der Waals surface area contributed by atoms with Crippen molar-refractivity contribution in [2.24, 2.45) is 10.9 Å². The highest BCUT2D eigenvalue weighted by atomic mass is 35.5. The number of hydrogen-bond donors (Lipinski definition) is 1. The van der Waals surface area contributed by atoms with Crippen molar-refractivity contribution in [3.8, 4) is 0 Å². The molecule has 1 aliphatic rings. The van der Waals surface area contributed by atoms with Crippen LogP contribution in [0.1, 0.15) is 6.42 Å². The number of alkyl halides is 3. The lowest BCUT2D eigenvalue weighted by molar-refractivity contribution is -0.0604. The van der Waals surface area contributed by atoms with Gasteiger partial charge in [-0.1, -0.05) is 5.16 Å². The van der Waals surface area contributed by atoms with Crippen molar-refractivity contribution in [3.63, 3.8) is 0 Å². The largest absolute Gasteiger partial charge is 0.432 e. The number of rotatable bonds is 1. The maximum atomic E-state index is 11.8. The molecule has 1 aliphatic heterocycles. The van der Waals surface area contributed by atoms with E-state index in [0.29, 0.717) is 0 Å². The average Bonchev–Trinajstić information content (AvgIpc) is 2.32. The van der Waals surface area contributed by atoms with Crippen LogP contribution in [0.4, 0.5) is 13.2 Å². The Balaban J connectivity index is 0.00000121. The number of hydrogen-bond acceptors (Lipinski definition) is 3. The summed E-state index contributed by atoms with van der Waals surface area (Å²) in [6, 6.07) is 0. The quantitative estimate of drug-likeness (QED) is 0.695. The third kappa shape index (κ3) is 2.53.